The van der Waals surface area contributed by atoms with Crippen LogP contribution in [0.25, 0.3) is 0 Å². The van der Waals surface area contributed by atoms with E-state index < -0.39 is 17.7 Å². The molecule has 0 fully saturated rings. The molecule has 1 aromatic carbocycles. The van der Waals surface area contributed by atoms with Crippen molar-refractivity contribution in [2.75, 3.05) is 5.73 Å². The molecule has 0 amide bonds. The first-order valence-electron chi connectivity index (χ1n) is 5.68. The number of carboxylic acids is 1. The zero-order valence-corrected chi connectivity index (χ0v) is 12.1. The van der Waals surface area contributed by atoms with Gasteiger partial charge in [-0.1, -0.05) is 0 Å². The van der Waals surface area contributed by atoms with E-state index in [0.717, 1.165) is 23.5 Å². The van der Waals surface area contributed by atoms with Crippen molar-refractivity contribution in [3.63, 3.8) is 0 Å². The minimum Gasteiger partial charge on any atom is -0.477 e. The van der Waals surface area contributed by atoms with Crippen LogP contribution < -0.4 is 5.73 Å². The zero-order chi connectivity index (χ0) is 15.6. The third-order valence-electron chi connectivity index (χ3n) is 2.66. The third kappa shape index (κ3) is 3.70. The summed E-state index contributed by atoms with van der Waals surface area (Å²) in [5.74, 6) is -0.679. The largest absolute Gasteiger partial charge is 0.477 e. The van der Waals surface area contributed by atoms with Crippen LogP contribution in [0.15, 0.2) is 34.5 Å². The lowest BCUT2D eigenvalue weighted by atomic mass is 10.2. The monoisotopic (exact) mass is 333 g/mol. The lowest BCUT2D eigenvalue weighted by Crippen LogP contribution is -2.05. The van der Waals surface area contributed by atoms with E-state index in [0.29, 0.717) is 16.2 Å². The van der Waals surface area contributed by atoms with Crippen molar-refractivity contribution < 1.29 is 23.1 Å². The first-order chi connectivity index (χ1) is 9.79. The van der Waals surface area contributed by atoms with Crippen LogP contribution in [0.2, 0.25) is 0 Å². The topological polar surface area (TPSA) is 63.3 Å². The van der Waals surface area contributed by atoms with Crippen LogP contribution >= 0.6 is 23.1 Å². The fourth-order valence-corrected chi connectivity index (χ4v) is 3.44. The van der Waals surface area contributed by atoms with Gasteiger partial charge in [-0.3, -0.25) is 0 Å². The highest BCUT2D eigenvalue weighted by Gasteiger charge is 2.30. The van der Waals surface area contributed by atoms with Crippen molar-refractivity contribution in [3.8, 4) is 0 Å². The van der Waals surface area contributed by atoms with Gasteiger partial charge in [0.1, 0.15) is 4.88 Å². The zero-order valence-electron chi connectivity index (χ0n) is 10.5. The fourth-order valence-electron chi connectivity index (χ4n) is 1.65. The maximum atomic E-state index is 12.5. The first-order valence-corrected chi connectivity index (χ1v) is 7.54. The molecule has 0 spiro atoms. The summed E-state index contributed by atoms with van der Waals surface area (Å²) in [5, 5.41) is 10.6. The van der Waals surface area contributed by atoms with Gasteiger partial charge in [0, 0.05) is 16.3 Å². The second-order valence-corrected chi connectivity index (χ2v) is 6.05. The van der Waals surface area contributed by atoms with E-state index in [-0.39, 0.29) is 10.6 Å². The molecule has 1 heterocycles. The number of benzene rings is 1. The van der Waals surface area contributed by atoms with Crippen molar-refractivity contribution in [1.82, 2.24) is 0 Å². The quantitative estimate of drug-likeness (QED) is 0.645. The number of hydrogen-bond acceptors (Lipinski definition) is 4. The smallest absolute Gasteiger partial charge is 0.416 e. The Bertz CT molecular complexity index is 668. The predicted molar refractivity (Wildman–Crippen MR) is 76.7 cm³/mol. The standard InChI is InChI=1S/C13H10F3NO2S2/c14-13(15,16)8-1-2-10(9(17)5-8)21-6-7-3-4-20-11(7)12(18)19/h1-5H,6,17H2,(H,18,19). The summed E-state index contributed by atoms with van der Waals surface area (Å²) in [6.45, 7) is 0. The summed E-state index contributed by atoms with van der Waals surface area (Å²) in [6, 6.07) is 4.83. The molecule has 3 nitrogen and oxygen atoms in total. The average molecular weight is 333 g/mol. The molecule has 0 aliphatic rings. The predicted octanol–water partition coefficient (Wildman–Crippen LogP) is 4.34. The van der Waals surface area contributed by atoms with Gasteiger partial charge in [0.05, 0.1) is 5.56 Å². The lowest BCUT2D eigenvalue weighted by molar-refractivity contribution is -0.137. The second kappa shape index (κ2) is 5.98. The summed E-state index contributed by atoms with van der Waals surface area (Å²) in [5.41, 5.74) is 5.47. The molecule has 21 heavy (non-hydrogen) atoms. The molecule has 0 atom stereocenters. The van der Waals surface area contributed by atoms with Crippen LogP contribution in [0, 0.1) is 0 Å². The number of halogens is 3. The molecule has 2 rings (SSSR count). The number of thiophene rings is 1. The van der Waals surface area contributed by atoms with E-state index in [4.69, 9.17) is 10.8 Å². The molecule has 0 aliphatic heterocycles. The van der Waals surface area contributed by atoms with Crippen molar-refractivity contribution in [2.45, 2.75) is 16.8 Å². The second-order valence-electron chi connectivity index (χ2n) is 4.12. The number of carboxylic acid groups (broad SMARTS) is 1. The van der Waals surface area contributed by atoms with Gasteiger partial charge >= 0.3 is 12.1 Å². The van der Waals surface area contributed by atoms with Gasteiger partial charge in [-0.25, -0.2) is 4.79 Å². The van der Waals surface area contributed by atoms with E-state index >= 15 is 0 Å². The molecule has 0 bridgehead atoms. The van der Waals surface area contributed by atoms with Gasteiger partial charge in [-0.05, 0) is 35.2 Å². The number of alkyl halides is 3. The van der Waals surface area contributed by atoms with E-state index in [1.54, 1.807) is 11.4 Å². The molecule has 3 N–H and O–H groups in total. The van der Waals surface area contributed by atoms with Gasteiger partial charge < -0.3 is 10.8 Å². The molecule has 0 saturated heterocycles. The van der Waals surface area contributed by atoms with Crippen LogP contribution in [0.4, 0.5) is 18.9 Å². The van der Waals surface area contributed by atoms with Gasteiger partial charge in [-0.15, -0.1) is 23.1 Å². The number of aromatic carboxylic acids is 1. The van der Waals surface area contributed by atoms with Crippen LogP contribution in [0.5, 0.6) is 0 Å². The Balaban J connectivity index is 2.14. The summed E-state index contributed by atoms with van der Waals surface area (Å²) in [7, 11) is 0. The molecule has 112 valence electrons. The number of hydrogen-bond donors (Lipinski definition) is 2. The highest BCUT2D eigenvalue weighted by molar-refractivity contribution is 7.98. The van der Waals surface area contributed by atoms with E-state index in [9.17, 15) is 18.0 Å². The molecule has 0 unspecified atom stereocenters. The Morgan fingerprint density at radius 3 is 2.62 bits per heavy atom. The van der Waals surface area contributed by atoms with Crippen LogP contribution in [-0.2, 0) is 11.9 Å². The molecular formula is C13H10F3NO2S2. The Morgan fingerprint density at radius 2 is 2.05 bits per heavy atom. The summed E-state index contributed by atoms with van der Waals surface area (Å²) in [6.07, 6.45) is -4.43. The SMILES string of the molecule is Nc1cc(C(F)(F)F)ccc1SCc1ccsc1C(=O)O. The fraction of sp³-hybridized carbons (Fsp3) is 0.154. The maximum Gasteiger partial charge on any atom is 0.416 e. The minimum atomic E-state index is -4.43. The van der Waals surface area contributed by atoms with Gasteiger partial charge in [0.15, 0.2) is 0 Å². The normalized spacial score (nSPS) is 11.6. The molecule has 0 saturated carbocycles. The van der Waals surface area contributed by atoms with Crippen molar-refractivity contribution in [2.24, 2.45) is 0 Å². The third-order valence-corrected chi connectivity index (χ3v) is 4.74. The van der Waals surface area contributed by atoms with Crippen LogP contribution in [-0.4, -0.2) is 11.1 Å². The number of carbonyl (C=O) groups is 1. The van der Waals surface area contributed by atoms with Gasteiger partial charge in [-0.2, -0.15) is 13.2 Å². The van der Waals surface area contributed by atoms with Crippen LogP contribution in [0.1, 0.15) is 20.8 Å². The highest BCUT2D eigenvalue weighted by atomic mass is 32.2. The summed E-state index contributed by atoms with van der Waals surface area (Å²) < 4.78 is 37.6. The summed E-state index contributed by atoms with van der Waals surface area (Å²) in [4.78, 5) is 11.7. The molecule has 2 aromatic rings. The Labute approximate surface area is 126 Å². The molecule has 0 radical (unpaired) electrons. The van der Waals surface area contributed by atoms with E-state index in [1.807, 2.05) is 0 Å². The van der Waals surface area contributed by atoms with E-state index in [2.05, 4.69) is 0 Å². The number of nitrogens with two attached hydrogens (primary N) is 1. The molecular weight excluding hydrogens is 323 g/mol. The van der Waals surface area contributed by atoms with Gasteiger partial charge in [0.2, 0.25) is 0 Å². The molecule has 1 aromatic heterocycles. The minimum absolute atomic E-state index is 0.0296. The Hall–Kier alpha value is -1.67. The van der Waals surface area contributed by atoms with Crippen molar-refractivity contribution >= 4 is 34.8 Å². The Kier molecular flexibility index (Phi) is 4.48. The van der Waals surface area contributed by atoms with Gasteiger partial charge in [0.25, 0.3) is 0 Å². The van der Waals surface area contributed by atoms with Crippen molar-refractivity contribution in [1.29, 1.82) is 0 Å². The highest BCUT2D eigenvalue weighted by Crippen LogP contribution is 2.35. The van der Waals surface area contributed by atoms with E-state index in [1.165, 1.54) is 17.8 Å². The van der Waals surface area contributed by atoms with Crippen LogP contribution in [0.3, 0.4) is 0 Å². The number of nitrogen functional groups attached to an aromatic ring is 1. The Morgan fingerprint density at radius 1 is 1.33 bits per heavy atom. The number of anilines is 1. The maximum absolute atomic E-state index is 12.5. The molecule has 8 heteroatoms. The number of rotatable bonds is 4. The first kappa shape index (κ1) is 15.7. The summed E-state index contributed by atoms with van der Waals surface area (Å²) >= 11 is 2.32. The number of thioether (sulfide) groups is 1. The molecule has 0 aliphatic carbocycles. The average Bonchev–Trinajstić information content (AvgIpc) is 2.84. The lowest BCUT2D eigenvalue weighted by Gasteiger charge is -2.10. The van der Waals surface area contributed by atoms with Crippen molar-refractivity contribution in [3.05, 3.63) is 45.6 Å².